The fourth-order valence-electron chi connectivity index (χ4n) is 2.80. The van der Waals surface area contributed by atoms with Gasteiger partial charge in [0.25, 0.3) is 0 Å². The van der Waals surface area contributed by atoms with Gasteiger partial charge in [0.1, 0.15) is 11.6 Å². The molecule has 0 heterocycles. The van der Waals surface area contributed by atoms with Gasteiger partial charge in [-0.05, 0) is 29.9 Å². The maximum Gasteiger partial charge on any atom is 0.220 e. The van der Waals surface area contributed by atoms with Crippen LogP contribution in [-0.4, -0.2) is 12.5 Å². The molecular formula is C16H21F2NO. The lowest BCUT2D eigenvalue weighted by atomic mass is 9.92. The van der Waals surface area contributed by atoms with E-state index in [1.807, 2.05) is 20.8 Å². The van der Waals surface area contributed by atoms with Gasteiger partial charge in [-0.3, -0.25) is 4.79 Å². The van der Waals surface area contributed by atoms with Gasteiger partial charge >= 0.3 is 0 Å². The molecule has 1 amide bonds. The Kier molecular flexibility index (Phi) is 4.11. The van der Waals surface area contributed by atoms with E-state index < -0.39 is 11.6 Å². The van der Waals surface area contributed by atoms with Crippen molar-refractivity contribution >= 4 is 5.91 Å². The van der Waals surface area contributed by atoms with Crippen molar-refractivity contribution < 1.29 is 13.6 Å². The van der Waals surface area contributed by atoms with E-state index in [4.69, 9.17) is 0 Å². The van der Waals surface area contributed by atoms with Crippen LogP contribution in [0.2, 0.25) is 0 Å². The Hall–Kier alpha value is -1.45. The maximum absolute atomic E-state index is 13.9. The van der Waals surface area contributed by atoms with Gasteiger partial charge in [-0.2, -0.15) is 0 Å². The molecule has 4 heteroatoms. The third-order valence-corrected chi connectivity index (χ3v) is 4.12. The summed E-state index contributed by atoms with van der Waals surface area (Å²) in [5.41, 5.74) is 0.140. The second-order valence-corrected chi connectivity index (χ2v) is 6.26. The minimum atomic E-state index is -0.571. The molecule has 0 bridgehead atoms. The zero-order valence-corrected chi connectivity index (χ0v) is 12.2. The number of carbonyl (C=O) groups excluding carboxylic acids is 1. The molecule has 1 N–H and O–H groups in total. The topological polar surface area (TPSA) is 29.1 Å². The zero-order valence-electron chi connectivity index (χ0n) is 12.2. The molecule has 110 valence electrons. The molecule has 1 fully saturated rings. The molecule has 0 aromatic heterocycles. The van der Waals surface area contributed by atoms with Crippen molar-refractivity contribution in [3.05, 3.63) is 35.4 Å². The van der Waals surface area contributed by atoms with E-state index in [0.29, 0.717) is 30.4 Å². The first-order chi connectivity index (χ1) is 9.35. The van der Waals surface area contributed by atoms with Crippen LogP contribution in [0, 0.1) is 23.5 Å². The van der Waals surface area contributed by atoms with Crippen LogP contribution in [0.25, 0.3) is 0 Å². The van der Waals surface area contributed by atoms with Gasteiger partial charge in [0.15, 0.2) is 0 Å². The van der Waals surface area contributed by atoms with E-state index in [-0.39, 0.29) is 11.3 Å². The number of benzene rings is 1. The molecule has 1 aliphatic rings. The number of carbonyl (C=O) groups is 1. The number of halogens is 2. The summed E-state index contributed by atoms with van der Waals surface area (Å²) < 4.78 is 26.9. The minimum absolute atomic E-state index is 0.0130. The molecule has 0 aliphatic heterocycles. The summed E-state index contributed by atoms with van der Waals surface area (Å²) >= 11 is 0. The van der Waals surface area contributed by atoms with Crippen LogP contribution >= 0.6 is 0 Å². The van der Waals surface area contributed by atoms with Crippen LogP contribution in [-0.2, 0) is 10.2 Å². The standard InChI is InChI=1S/C16H21F2NO/c1-10(2)6-15(20)19-9-16(8-11(16)3)13-5-4-12(17)7-14(13)18/h4-5,7,10-11H,6,8-9H2,1-3H3,(H,19,20). The molecule has 2 rings (SSSR count). The third kappa shape index (κ3) is 3.00. The first-order valence-electron chi connectivity index (χ1n) is 7.07. The highest BCUT2D eigenvalue weighted by Gasteiger charge is 2.53. The van der Waals surface area contributed by atoms with Crippen LogP contribution in [0.15, 0.2) is 18.2 Å². The highest BCUT2D eigenvalue weighted by Crippen LogP contribution is 2.54. The van der Waals surface area contributed by atoms with E-state index in [1.165, 1.54) is 12.1 Å². The maximum atomic E-state index is 13.9. The van der Waals surface area contributed by atoms with E-state index in [9.17, 15) is 13.6 Å². The molecule has 1 aromatic carbocycles. The van der Waals surface area contributed by atoms with Crippen molar-refractivity contribution in [2.75, 3.05) is 6.54 Å². The van der Waals surface area contributed by atoms with Crippen LogP contribution in [0.1, 0.15) is 39.2 Å². The van der Waals surface area contributed by atoms with Crippen molar-refractivity contribution in [3.63, 3.8) is 0 Å². The van der Waals surface area contributed by atoms with Crippen LogP contribution < -0.4 is 5.32 Å². The molecule has 1 aliphatic carbocycles. The number of hydrogen-bond donors (Lipinski definition) is 1. The fourth-order valence-corrected chi connectivity index (χ4v) is 2.80. The number of nitrogens with one attached hydrogen (secondary N) is 1. The molecule has 20 heavy (non-hydrogen) atoms. The lowest BCUT2D eigenvalue weighted by Crippen LogP contribution is -2.34. The molecule has 2 nitrogen and oxygen atoms in total. The average molecular weight is 281 g/mol. The van der Waals surface area contributed by atoms with Crippen molar-refractivity contribution in [1.82, 2.24) is 5.32 Å². The molecule has 0 radical (unpaired) electrons. The Morgan fingerprint density at radius 1 is 1.45 bits per heavy atom. The van der Waals surface area contributed by atoms with Crippen molar-refractivity contribution in [2.24, 2.45) is 11.8 Å². The summed E-state index contributed by atoms with van der Waals surface area (Å²) in [6, 6.07) is 3.70. The van der Waals surface area contributed by atoms with Crippen molar-refractivity contribution in [3.8, 4) is 0 Å². The molecular weight excluding hydrogens is 260 g/mol. The monoisotopic (exact) mass is 281 g/mol. The Morgan fingerprint density at radius 2 is 2.10 bits per heavy atom. The van der Waals surface area contributed by atoms with Gasteiger partial charge in [-0.1, -0.05) is 26.8 Å². The number of rotatable bonds is 5. The smallest absolute Gasteiger partial charge is 0.220 e. The van der Waals surface area contributed by atoms with Crippen molar-refractivity contribution in [2.45, 2.75) is 39.0 Å². The van der Waals surface area contributed by atoms with Gasteiger partial charge in [0.05, 0.1) is 0 Å². The summed E-state index contributed by atoms with van der Waals surface area (Å²) in [6.45, 7) is 6.41. The first kappa shape index (κ1) is 14.9. The van der Waals surface area contributed by atoms with Crippen LogP contribution in [0.3, 0.4) is 0 Å². The Balaban J connectivity index is 2.09. The summed E-state index contributed by atoms with van der Waals surface area (Å²) in [4.78, 5) is 11.7. The Bertz CT molecular complexity index is 515. The summed E-state index contributed by atoms with van der Waals surface area (Å²) in [5.74, 6) is -0.515. The Morgan fingerprint density at radius 3 is 2.60 bits per heavy atom. The highest BCUT2D eigenvalue weighted by atomic mass is 19.1. The number of amides is 1. The molecule has 1 aromatic rings. The largest absolute Gasteiger partial charge is 0.355 e. The first-order valence-corrected chi connectivity index (χ1v) is 7.07. The molecule has 0 saturated heterocycles. The number of hydrogen-bond acceptors (Lipinski definition) is 1. The quantitative estimate of drug-likeness (QED) is 0.880. The van der Waals surface area contributed by atoms with Crippen LogP contribution in [0.4, 0.5) is 8.78 Å². The summed E-state index contributed by atoms with van der Waals surface area (Å²) in [7, 11) is 0. The van der Waals surface area contributed by atoms with Gasteiger partial charge in [-0.25, -0.2) is 8.78 Å². The Labute approximate surface area is 118 Å². The van der Waals surface area contributed by atoms with Gasteiger partial charge in [0.2, 0.25) is 5.91 Å². The third-order valence-electron chi connectivity index (χ3n) is 4.12. The molecule has 2 unspecified atom stereocenters. The highest BCUT2D eigenvalue weighted by molar-refractivity contribution is 5.76. The van der Waals surface area contributed by atoms with Gasteiger partial charge in [-0.15, -0.1) is 0 Å². The van der Waals surface area contributed by atoms with E-state index >= 15 is 0 Å². The predicted molar refractivity (Wildman–Crippen MR) is 74.3 cm³/mol. The SMILES string of the molecule is CC(C)CC(=O)NCC1(c2ccc(F)cc2F)CC1C. The minimum Gasteiger partial charge on any atom is -0.355 e. The summed E-state index contributed by atoms with van der Waals surface area (Å²) in [5, 5.41) is 2.89. The van der Waals surface area contributed by atoms with Gasteiger partial charge < -0.3 is 5.32 Å². The lowest BCUT2D eigenvalue weighted by Gasteiger charge is -2.19. The normalized spacial score (nSPS) is 24.8. The lowest BCUT2D eigenvalue weighted by molar-refractivity contribution is -0.121. The van der Waals surface area contributed by atoms with Gasteiger partial charge in [0, 0.05) is 24.4 Å². The second-order valence-electron chi connectivity index (χ2n) is 6.26. The predicted octanol–water partition coefficient (Wildman–Crippen LogP) is 3.40. The molecule has 1 saturated carbocycles. The molecule has 0 spiro atoms. The van der Waals surface area contributed by atoms with Crippen LogP contribution in [0.5, 0.6) is 0 Å². The second kappa shape index (κ2) is 5.51. The van der Waals surface area contributed by atoms with E-state index in [0.717, 1.165) is 12.5 Å². The van der Waals surface area contributed by atoms with E-state index in [2.05, 4.69) is 5.32 Å². The summed E-state index contributed by atoms with van der Waals surface area (Å²) in [6.07, 6.45) is 1.29. The molecule has 2 atom stereocenters. The van der Waals surface area contributed by atoms with E-state index in [1.54, 1.807) is 0 Å². The fraction of sp³-hybridized carbons (Fsp3) is 0.562. The van der Waals surface area contributed by atoms with Crippen molar-refractivity contribution in [1.29, 1.82) is 0 Å². The zero-order chi connectivity index (χ0) is 14.9. The average Bonchev–Trinajstić information content (AvgIpc) is 2.97.